The van der Waals surface area contributed by atoms with E-state index in [2.05, 4.69) is 20.6 Å². The normalized spacial score (nSPS) is 19.0. The molecule has 0 radical (unpaired) electrons. The molecule has 2 aromatic carbocycles. The summed E-state index contributed by atoms with van der Waals surface area (Å²) >= 11 is 1.08. The number of anilines is 1. The van der Waals surface area contributed by atoms with Crippen molar-refractivity contribution in [3.63, 3.8) is 0 Å². The maximum absolute atomic E-state index is 13.9. The standard InChI is InChI=1S/C27H28FN5O3S/c28-19-11-5-7-13-21(19)30-24(35)16-37-27-32-20-12-6-4-10-18(20)25-31-22(26(36)33(25)27)14-15-23(34)29-17-8-2-1-3-9-17/h4-7,10-13,17,22H,1-3,8-9,14-16H2,(H,29,34)(H,30,35)/t22-/m1/s1. The van der Waals surface area contributed by atoms with Crippen LogP contribution >= 0.6 is 11.8 Å². The van der Waals surface area contributed by atoms with Crippen LogP contribution in [-0.2, 0) is 14.4 Å². The molecule has 0 aromatic heterocycles. The number of amides is 3. The van der Waals surface area contributed by atoms with Crippen LogP contribution in [0.4, 0.5) is 15.8 Å². The molecule has 0 spiro atoms. The zero-order valence-corrected chi connectivity index (χ0v) is 21.1. The predicted octanol–water partition coefficient (Wildman–Crippen LogP) is 4.39. The molecule has 3 amide bonds. The molecule has 2 aliphatic heterocycles. The fraction of sp³-hybridized carbons (Fsp3) is 0.370. The molecule has 1 aliphatic carbocycles. The highest BCUT2D eigenvalue weighted by molar-refractivity contribution is 8.14. The summed E-state index contributed by atoms with van der Waals surface area (Å²) in [5.41, 5.74) is 1.47. The molecule has 0 unspecified atom stereocenters. The van der Waals surface area contributed by atoms with E-state index in [-0.39, 0.29) is 35.7 Å². The van der Waals surface area contributed by atoms with E-state index in [1.165, 1.54) is 23.5 Å². The number of para-hydroxylation sites is 2. The number of hydrogen-bond donors (Lipinski definition) is 2. The Kier molecular flexibility index (Phi) is 7.64. The second kappa shape index (κ2) is 11.2. The molecular formula is C27H28FN5O3S. The zero-order chi connectivity index (χ0) is 25.8. The summed E-state index contributed by atoms with van der Waals surface area (Å²) < 4.78 is 13.9. The van der Waals surface area contributed by atoms with Crippen molar-refractivity contribution in [2.24, 2.45) is 9.98 Å². The van der Waals surface area contributed by atoms with Gasteiger partial charge in [-0.25, -0.2) is 14.3 Å². The topological polar surface area (TPSA) is 103 Å². The highest BCUT2D eigenvalue weighted by Gasteiger charge is 2.41. The molecule has 37 heavy (non-hydrogen) atoms. The van der Waals surface area contributed by atoms with Crippen molar-refractivity contribution in [3.8, 4) is 0 Å². The third kappa shape index (κ3) is 5.74. The smallest absolute Gasteiger partial charge is 0.259 e. The van der Waals surface area contributed by atoms with Gasteiger partial charge in [-0.2, -0.15) is 0 Å². The van der Waals surface area contributed by atoms with Gasteiger partial charge in [-0.1, -0.05) is 55.3 Å². The van der Waals surface area contributed by atoms with Gasteiger partial charge in [-0.3, -0.25) is 19.4 Å². The number of rotatable bonds is 7. The van der Waals surface area contributed by atoms with Crippen molar-refractivity contribution in [3.05, 3.63) is 59.9 Å². The van der Waals surface area contributed by atoms with Crippen LogP contribution in [0, 0.1) is 5.82 Å². The van der Waals surface area contributed by atoms with Gasteiger partial charge in [0.1, 0.15) is 17.7 Å². The Morgan fingerprint density at radius 1 is 1.03 bits per heavy atom. The van der Waals surface area contributed by atoms with Crippen LogP contribution in [0.5, 0.6) is 0 Å². The minimum Gasteiger partial charge on any atom is -0.353 e. The molecule has 2 heterocycles. The fourth-order valence-electron chi connectivity index (χ4n) is 4.78. The van der Waals surface area contributed by atoms with Crippen LogP contribution in [0.25, 0.3) is 0 Å². The fourth-order valence-corrected chi connectivity index (χ4v) is 5.58. The maximum atomic E-state index is 13.9. The van der Waals surface area contributed by atoms with Crippen molar-refractivity contribution in [1.82, 2.24) is 10.2 Å². The lowest BCUT2D eigenvalue weighted by atomic mass is 9.95. The first-order chi connectivity index (χ1) is 18.0. The van der Waals surface area contributed by atoms with Crippen molar-refractivity contribution in [2.75, 3.05) is 11.1 Å². The van der Waals surface area contributed by atoms with Crippen LogP contribution < -0.4 is 10.6 Å². The van der Waals surface area contributed by atoms with Gasteiger partial charge in [0.25, 0.3) is 5.91 Å². The average molecular weight is 522 g/mol. The third-order valence-electron chi connectivity index (χ3n) is 6.64. The van der Waals surface area contributed by atoms with Crippen molar-refractivity contribution in [2.45, 2.75) is 57.0 Å². The van der Waals surface area contributed by atoms with Gasteiger partial charge >= 0.3 is 0 Å². The highest BCUT2D eigenvalue weighted by Crippen LogP contribution is 2.34. The summed E-state index contributed by atoms with van der Waals surface area (Å²) in [6.45, 7) is 0. The lowest BCUT2D eigenvalue weighted by Gasteiger charge is -2.25. The molecule has 2 N–H and O–H groups in total. The second-order valence-corrected chi connectivity index (χ2v) is 10.3. The van der Waals surface area contributed by atoms with Crippen molar-refractivity contribution >= 4 is 51.9 Å². The summed E-state index contributed by atoms with van der Waals surface area (Å²) in [5.74, 6) is -0.859. The van der Waals surface area contributed by atoms with E-state index in [9.17, 15) is 18.8 Å². The first kappa shape index (κ1) is 25.1. The number of carbonyl (C=O) groups excluding carboxylic acids is 3. The van der Waals surface area contributed by atoms with Crippen molar-refractivity contribution < 1.29 is 18.8 Å². The van der Waals surface area contributed by atoms with E-state index >= 15 is 0 Å². The number of carbonyl (C=O) groups is 3. The first-order valence-corrected chi connectivity index (χ1v) is 13.5. The Morgan fingerprint density at radius 2 is 1.78 bits per heavy atom. The number of thioether (sulfide) groups is 1. The number of amidine groups is 2. The van der Waals surface area contributed by atoms with Gasteiger partial charge in [-0.05, 0) is 43.5 Å². The largest absolute Gasteiger partial charge is 0.353 e. The van der Waals surface area contributed by atoms with Gasteiger partial charge in [0, 0.05) is 18.0 Å². The molecule has 5 rings (SSSR count). The van der Waals surface area contributed by atoms with E-state index < -0.39 is 17.8 Å². The molecule has 1 atom stereocenters. The van der Waals surface area contributed by atoms with Crippen LogP contribution in [0.15, 0.2) is 58.5 Å². The predicted molar refractivity (Wildman–Crippen MR) is 142 cm³/mol. The molecule has 1 fully saturated rings. The lowest BCUT2D eigenvalue weighted by Crippen LogP contribution is -2.42. The van der Waals surface area contributed by atoms with E-state index in [1.54, 1.807) is 12.1 Å². The third-order valence-corrected chi connectivity index (χ3v) is 7.58. The Labute approximate surface area is 218 Å². The number of fused-ring (bicyclic) bond motifs is 3. The van der Waals surface area contributed by atoms with Crippen molar-refractivity contribution in [1.29, 1.82) is 0 Å². The van der Waals surface area contributed by atoms with E-state index in [0.717, 1.165) is 43.0 Å². The quantitative estimate of drug-likeness (QED) is 0.564. The van der Waals surface area contributed by atoms with E-state index in [0.29, 0.717) is 23.1 Å². The summed E-state index contributed by atoms with van der Waals surface area (Å²) in [6.07, 6.45) is 5.99. The van der Waals surface area contributed by atoms with Gasteiger partial charge in [0.15, 0.2) is 5.17 Å². The van der Waals surface area contributed by atoms with Crippen LogP contribution in [0.2, 0.25) is 0 Å². The van der Waals surface area contributed by atoms with Crippen LogP contribution in [0.3, 0.4) is 0 Å². The van der Waals surface area contributed by atoms with Gasteiger partial charge in [0.2, 0.25) is 11.8 Å². The minimum atomic E-state index is -0.698. The molecule has 3 aliphatic rings. The zero-order valence-electron chi connectivity index (χ0n) is 20.3. The monoisotopic (exact) mass is 521 g/mol. The number of hydrogen-bond acceptors (Lipinski definition) is 6. The molecule has 2 aromatic rings. The number of benzene rings is 2. The molecule has 192 valence electrons. The average Bonchev–Trinajstić information content (AvgIpc) is 3.24. The van der Waals surface area contributed by atoms with Crippen LogP contribution in [0.1, 0.15) is 50.5 Å². The SMILES string of the molecule is O=C(CSC1=Nc2ccccc2C2=N[C@H](CCC(=O)NC3CCCCC3)C(=O)N12)Nc1ccccc1F. The maximum Gasteiger partial charge on any atom is 0.259 e. The van der Waals surface area contributed by atoms with Crippen LogP contribution in [-0.4, -0.2) is 51.5 Å². The molecule has 8 nitrogen and oxygen atoms in total. The molecule has 0 bridgehead atoms. The lowest BCUT2D eigenvalue weighted by molar-refractivity contribution is -0.125. The molecule has 0 saturated heterocycles. The summed E-state index contributed by atoms with van der Waals surface area (Å²) in [4.78, 5) is 49.1. The Bertz CT molecular complexity index is 1270. The molecule has 10 heteroatoms. The highest BCUT2D eigenvalue weighted by atomic mass is 32.2. The summed E-state index contributed by atoms with van der Waals surface area (Å²) in [6, 6.07) is 12.8. The Balaban J connectivity index is 1.26. The molecular weight excluding hydrogens is 493 g/mol. The first-order valence-electron chi connectivity index (χ1n) is 12.6. The second-order valence-electron chi connectivity index (χ2n) is 9.31. The molecule has 1 saturated carbocycles. The number of halogens is 1. The Morgan fingerprint density at radius 3 is 2.59 bits per heavy atom. The number of nitrogens with one attached hydrogen (secondary N) is 2. The minimum absolute atomic E-state index is 0.0572. The van der Waals surface area contributed by atoms with Gasteiger partial charge in [-0.15, -0.1) is 0 Å². The number of aliphatic imine (C=N–C) groups is 2. The van der Waals surface area contributed by atoms with Gasteiger partial charge in [0.05, 0.1) is 17.1 Å². The summed E-state index contributed by atoms with van der Waals surface area (Å²) in [7, 11) is 0. The summed E-state index contributed by atoms with van der Waals surface area (Å²) in [5, 5.41) is 5.97. The van der Waals surface area contributed by atoms with E-state index in [1.807, 2.05) is 24.3 Å². The van der Waals surface area contributed by atoms with E-state index in [4.69, 9.17) is 0 Å². The Hall–Kier alpha value is -3.53. The number of nitrogens with zero attached hydrogens (tertiary/aromatic N) is 3. The van der Waals surface area contributed by atoms with Gasteiger partial charge < -0.3 is 10.6 Å².